The second-order valence-corrected chi connectivity index (χ2v) is 7.62. The molecule has 0 bridgehead atoms. The quantitative estimate of drug-likeness (QED) is 0.663. The van der Waals surface area contributed by atoms with E-state index in [0.717, 1.165) is 32.4 Å². The van der Waals surface area contributed by atoms with Gasteiger partial charge in [0, 0.05) is 30.9 Å². The Labute approximate surface area is 158 Å². The minimum Gasteiger partial charge on any atom is -0.345 e. The van der Waals surface area contributed by atoms with E-state index in [1.54, 1.807) is 0 Å². The third-order valence-corrected chi connectivity index (χ3v) is 5.66. The molecule has 1 amide bonds. The maximum atomic E-state index is 12.8. The molecular formula is C23H32N2O. The van der Waals surface area contributed by atoms with Crippen LogP contribution in [0.5, 0.6) is 0 Å². The lowest BCUT2D eigenvalue weighted by Gasteiger charge is -2.35. The van der Waals surface area contributed by atoms with E-state index in [2.05, 4.69) is 65.9 Å². The second-order valence-electron chi connectivity index (χ2n) is 7.62. The van der Waals surface area contributed by atoms with Gasteiger partial charge in [-0.05, 0) is 49.4 Å². The van der Waals surface area contributed by atoms with Gasteiger partial charge in [-0.1, -0.05) is 50.5 Å². The average molecular weight is 353 g/mol. The monoisotopic (exact) mass is 352 g/mol. The van der Waals surface area contributed by atoms with Crippen LogP contribution in [-0.4, -0.2) is 21.4 Å². The van der Waals surface area contributed by atoms with Crippen molar-refractivity contribution < 1.29 is 4.79 Å². The molecule has 0 aliphatic heterocycles. The van der Waals surface area contributed by atoms with Gasteiger partial charge >= 0.3 is 0 Å². The molecule has 1 saturated carbocycles. The summed E-state index contributed by atoms with van der Waals surface area (Å²) in [7, 11) is 0. The summed E-state index contributed by atoms with van der Waals surface area (Å²) in [6.45, 7) is 5.87. The molecule has 0 saturated heterocycles. The van der Waals surface area contributed by atoms with Crippen molar-refractivity contribution in [3.05, 3.63) is 59.4 Å². The Hall–Kier alpha value is -2.03. The van der Waals surface area contributed by atoms with E-state index in [0.29, 0.717) is 18.4 Å². The molecule has 0 radical (unpaired) electrons. The summed E-state index contributed by atoms with van der Waals surface area (Å²) < 4.78 is 2.30. The van der Waals surface area contributed by atoms with Crippen molar-refractivity contribution in [2.75, 3.05) is 0 Å². The van der Waals surface area contributed by atoms with E-state index in [1.807, 2.05) is 0 Å². The highest BCUT2D eigenvalue weighted by Crippen LogP contribution is 2.25. The number of carbonyl (C=O) groups excluding carboxylic acids is 1. The van der Waals surface area contributed by atoms with Crippen LogP contribution in [-0.2, 0) is 17.9 Å². The summed E-state index contributed by atoms with van der Waals surface area (Å²) in [4.78, 5) is 15.0. The topological polar surface area (TPSA) is 25.2 Å². The highest BCUT2D eigenvalue weighted by atomic mass is 16.2. The Kier molecular flexibility index (Phi) is 6.54. The molecule has 1 aliphatic carbocycles. The summed E-state index contributed by atoms with van der Waals surface area (Å²) in [6.07, 6.45) is 9.87. The molecule has 26 heavy (non-hydrogen) atoms. The first kappa shape index (κ1) is 18.8. The number of amides is 1. The van der Waals surface area contributed by atoms with Crippen LogP contribution < -0.4 is 0 Å². The van der Waals surface area contributed by atoms with Gasteiger partial charge in [-0.15, -0.1) is 0 Å². The molecule has 140 valence electrons. The predicted octanol–water partition coefficient (Wildman–Crippen LogP) is 5.31. The lowest BCUT2D eigenvalue weighted by molar-refractivity contribution is -0.135. The lowest BCUT2D eigenvalue weighted by Crippen LogP contribution is -2.41. The van der Waals surface area contributed by atoms with E-state index in [4.69, 9.17) is 0 Å². The molecule has 0 N–H and O–H groups in total. The number of aromatic nitrogens is 1. The minimum absolute atomic E-state index is 0.322. The average Bonchev–Trinajstić information content (AvgIpc) is 3.09. The molecule has 1 aromatic heterocycles. The Bertz CT molecular complexity index is 713. The second kappa shape index (κ2) is 9.07. The van der Waals surface area contributed by atoms with E-state index in [-0.39, 0.29) is 0 Å². The van der Waals surface area contributed by atoms with Gasteiger partial charge in [-0.3, -0.25) is 4.79 Å². The Balaban J connectivity index is 1.77. The predicted molar refractivity (Wildman–Crippen MR) is 107 cm³/mol. The van der Waals surface area contributed by atoms with Crippen molar-refractivity contribution in [1.82, 2.24) is 9.47 Å². The fourth-order valence-corrected chi connectivity index (χ4v) is 4.06. The SMILES string of the molecule is CCCC(=O)N(Cc1cccn1Cc1ccccc1C)C1CCCCC1. The van der Waals surface area contributed by atoms with Crippen LogP contribution in [0.1, 0.15) is 68.7 Å². The molecule has 0 atom stereocenters. The number of benzene rings is 1. The first-order chi connectivity index (χ1) is 12.7. The summed E-state index contributed by atoms with van der Waals surface area (Å²) in [6, 6.07) is 13.3. The van der Waals surface area contributed by atoms with E-state index >= 15 is 0 Å². The summed E-state index contributed by atoms with van der Waals surface area (Å²) >= 11 is 0. The zero-order chi connectivity index (χ0) is 18.4. The fourth-order valence-electron chi connectivity index (χ4n) is 4.06. The largest absolute Gasteiger partial charge is 0.345 e. The molecule has 1 aromatic carbocycles. The van der Waals surface area contributed by atoms with E-state index in [9.17, 15) is 4.79 Å². The van der Waals surface area contributed by atoms with Crippen LogP contribution in [0, 0.1) is 6.92 Å². The lowest BCUT2D eigenvalue weighted by atomic mass is 9.93. The van der Waals surface area contributed by atoms with E-state index < -0.39 is 0 Å². The van der Waals surface area contributed by atoms with Gasteiger partial charge in [0.2, 0.25) is 5.91 Å². The van der Waals surface area contributed by atoms with Crippen molar-refractivity contribution in [3.63, 3.8) is 0 Å². The molecule has 1 aliphatic rings. The zero-order valence-corrected chi connectivity index (χ0v) is 16.3. The highest BCUT2D eigenvalue weighted by Gasteiger charge is 2.25. The molecule has 1 heterocycles. The molecule has 0 unspecified atom stereocenters. The van der Waals surface area contributed by atoms with E-state index in [1.165, 1.54) is 36.1 Å². The number of nitrogens with zero attached hydrogens (tertiary/aromatic N) is 2. The standard InChI is InChI=1S/C23H32N2O/c1-3-10-23(26)25(21-13-5-4-6-14-21)18-22-15-9-16-24(22)17-20-12-8-7-11-19(20)2/h7-9,11-12,15-16,21H,3-6,10,13-14,17-18H2,1-2H3. The van der Waals surface area contributed by atoms with Crippen molar-refractivity contribution >= 4 is 5.91 Å². The number of carbonyl (C=O) groups is 1. The molecule has 3 nitrogen and oxygen atoms in total. The van der Waals surface area contributed by atoms with Gasteiger partial charge in [0.25, 0.3) is 0 Å². The van der Waals surface area contributed by atoms with Crippen molar-refractivity contribution in [2.45, 2.75) is 77.9 Å². The number of aryl methyl sites for hydroxylation is 1. The van der Waals surface area contributed by atoms with Gasteiger partial charge in [0.1, 0.15) is 0 Å². The van der Waals surface area contributed by atoms with Crippen molar-refractivity contribution in [2.24, 2.45) is 0 Å². The van der Waals surface area contributed by atoms with Crippen molar-refractivity contribution in [3.8, 4) is 0 Å². The van der Waals surface area contributed by atoms with Gasteiger partial charge in [0.15, 0.2) is 0 Å². The normalized spacial score (nSPS) is 15.2. The van der Waals surface area contributed by atoms with Gasteiger partial charge in [-0.25, -0.2) is 0 Å². The van der Waals surface area contributed by atoms with Crippen molar-refractivity contribution in [1.29, 1.82) is 0 Å². The highest BCUT2D eigenvalue weighted by molar-refractivity contribution is 5.76. The number of hydrogen-bond acceptors (Lipinski definition) is 1. The maximum Gasteiger partial charge on any atom is 0.223 e. The fraction of sp³-hybridized carbons (Fsp3) is 0.522. The zero-order valence-electron chi connectivity index (χ0n) is 16.3. The Morgan fingerprint density at radius 1 is 1.12 bits per heavy atom. The van der Waals surface area contributed by atoms with Crippen LogP contribution in [0.25, 0.3) is 0 Å². The molecule has 2 aromatic rings. The Morgan fingerprint density at radius 2 is 1.88 bits per heavy atom. The molecule has 0 spiro atoms. The smallest absolute Gasteiger partial charge is 0.223 e. The van der Waals surface area contributed by atoms with Gasteiger partial charge in [-0.2, -0.15) is 0 Å². The van der Waals surface area contributed by atoms with Crippen LogP contribution in [0.2, 0.25) is 0 Å². The third kappa shape index (κ3) is 4.57. The van der Waals surface area contributed by atoms with Crippen LogP contribution >= 0.6 is 0 Å². The molecule has 1 fully saturated rings. The van der Waals surface area contributed by atoms with Gasteiger partial charge in [0.05, 0.1) is 6.54 Å². The molecule has 3 heteroatoms. The third-order valence-electron chi connectivity index (χ3n) is 5.66. The first-order valence-corrected chi connectivity index (χ1v) is 10.2. The molecule has 3 rings (SSSR count). The molecular weight excluding hydrogens is 320 g/mol. The number of hydrogen-bond donors (Lipinski definition) is 0. The summed E-state index contributed by atoms with van der Waals surface area (Å²) in [5.74, 6) is 0.322. The van der Waals surface area contributed by atoms with Crippen LogP contribution in [0.3, 0.4) is 0 Å². The minimum atomic E-state index is 0.322. The van der Waals surface area contributed by atoms with Crippen LogP contribution in [0.4, 0.5) is 0 Å². The summed E-state index contributed by atoms with van der Waals surface area (Å²) in [5.41, 5.74) is 3.90. The first-order valence-electron chi connectivity index (χ1n) is 10.2. The Morgan fingerprint density at radius 3 is 2.62 bits per heavy atom. The maximum absolute atomic E-state index is 12.8. The van der Waals surface area contributed by atoms with Gasteiger partial charge < -0.3 is 9.47 Å². The van der Waals surface area contributed by atoms with Crippen LogP contribution in [0.15, 0.2) is 42.6 Å². The number of rotatable bonds is 7. The summed E-state index contributed by atoms with van der Waals surface area (Å²) in [5, 5.41) is 0.